The summed E-state index contributed by atoms with van der Waals surface area (Å²) in [4.78, 5) is 10.7. The van der Waals surface area contributed by atoms with Crippen LogP contribution in [0.2, 0.25) is 0 Å². The Morgan fingerprint density at radius 1 is 0.311 bits per heavy atom. The Balaban J connectivity index is 1.11. The van der Waals surface area contributed by atoms with Crippen molar-refractivity contribution in [3.05, 3.63) is 257 Å². The molecule has 0 unspecified atom stereocenters. The van der Waals surface area contributed by atoms with Gasteiger partial charge in [-0.15, -0.1) is 0 Å². The maximum atomic E-state index is 5.42. The summed E-state index contributed by atoms with van der Waals surface area (Å²) >= 11 is 0. The van der Waals surface area contributed by atoms with Crippen LogP contribution in [0.5, 0.6) is 0 Å². The van der Waals surface area contributed by atoms with Crippen molar-refractivity contribution in [1.82, 2.24) is 14.5 Å². The molecule has 0 bridgehead atoms. The van der Waals surface area contributed by atoms with Crippen LogP contribution in [-0.2, 0) is 10.8 Å². The molecule has 11 aromatic rings. The molecule has 3 heteroatoms. The third-order valence-electron chi connectivity index (χ3n) is 14.1. The summed E-state index contributed by atoms with van der Waals surface area (Å²) in [7, 11) is 0. The molecule has 61 heavy (non-hydrogen) atoms. The van der Waals surface area contributed by atoms with Gasteiger partial charge in [0, 0.05) is 21.7 Å². The van der Waals surface area contributed by atoms with Crippen LogP contribution >= 0.6 is 0 Å². The Labute approximate surface area is 352 Å². The van der Waals surface area contributed by atoms with Crippen molar-refractivity contribution in [1.29, 1.82) is 0 Å². The van der Waals surface area contributed by atoms with Crippen molar-refractivity contribution in [3.8, 4) is 39.5 Å². The largest absolute Gasteiger partial charge is 0.278 e. The molecular weight excluding hydrogens is 739 g/mol. The summed E-state index contributed by atoms with van der Waals surface area (Å²) in [5.74, 6) is 0.665. The molecule has 0 amide bonds. The normalized spacial score (nSPS) is 14.5. The standard InChI is InChI=1S/C58H35N3/c1-2-18-36(19-3-1)55-41-24-7-16-32-52(41)59-56(60-55)61-53-33-17-8-23-40(53)43-34-51-42(35-54(43)61)39-22-6-11-27-46(39)58(51)49-30-14-12-28-47(49)57(48-29-13-15-31-50(48)58)44-25-9-4-20-37(44)38-21-5-10-26-45(38)57/h1-35H. The van der Waals surface area contributed by atoms with E-state index in [1.54, 1.807) is 0 Å². The van der Waals surface area contributed by atoms with Crippen LogP contribution in [0.1, 0.15) is 44.5 Å². The molecule has 3 aliphatic rings. The van der Waals surface area contributed by atoms with E-state index in [1.165, 1.54) is 77.5 Å². The Hall–Kier alpha value is -7.88. The predicted molar refractivity (Wildman–Crippen MR) is 247 cm³/mol. The van der Waals surface area contributed by atoms with Crippen molar-refractivity contribution < 1.29 is 0 Å². The van der Waals surface area contributed by atoms with Crippen LogP contribution in [0.3, 0.4) is 0 Å². The Morgan fingerprint density at radius 3 is 1.38 bits per heavy atom. The Bertz CT molecular complexity index is 3570. The lowest BCUT2D eigenvalue weighted by Gasteiger charge is -2.48. The molecule has 0 saturated heterocycles. The maximum absolute atomic E-state index is 5.42. The molecule has 9 aromatic carbocycles. The molecule has 3 nitrogen and oxygen atoms in total. The zero-order valence-corrected chi connectivity index (χ0v) is 33.0. The van der Waals surface area contributed by atoms with Crippen LogP contribution in [-0.4, -0.2) is 14.5 Å². The van der Waals surface area contributed by atoms with Gasteiger partial charge in [0.2, 0.25) is 5.95 Å². The minimum Gasteiger partial charge on any atom is -0.278 e. The molecule has 2 aromatic heterocycles. The molecule has 0 aliphatic heterocycles. The number of hydrogen-bond donors (Lipinski definition) is 0. The smallest absolute Gasteiger partial charge is 0.235 e. The lowest BCUT2D eigenvalue weighted by atomic mass is 9.52. The summed E-state index contributed by atoms with van der Waals surface area (Å²) in [6.07, 6.45) is 0. The van der Waals surface area contributed by atoms with E-state index in [4.69, 9.17) is 9.97 Å². The van der Waals surface area contributed by atoms with Crippen LogP contribution in [0, 0.1) is 0 Å². The second-order valence-electron chi connectivity index (χ2n) is 16.8. The van der Waals surface area contributed by atoms with Gasteiger partial charge < -0.3 is 0 Å². The average Bonchev–Trinajstić information content (AvgIpc) is 3.92. The fourth-order valence-electron chi connectivity index (χ4n) is 11.9. The van der Waals surface area contributed by atoms with Gasteiger partial charge in [0.25, 0.3) is 0 Å². The molecule has 0 saturated carbocycles. The first-order valence-corrected chi connectivity index (χ1v) is 21.2. The lowest BCUT2D eigenvalue weighted by Crippen LogP contribution is -2.43. The van der Waals surface area contributed by atoms with Gasteiger partial charge in [-0.3, -0.25) is 4.57 Å². The minimum absolute atomic E-state index is 0.479. The van der Waals surface area contributed by atoms with Crippen LogP contribution in [0.25, 0.3) is 72.2 Å². The van der Waals surface area contributed by atoms with Crippen LogP contribution in [0.15, 0.2) is 212 Å². The summed E-state index contributed by atoms with van der Waals surface area (Å²) in [5.41, 5.74) is 19.8. The number of rotatable bonds is 2. The van der Waals surface area contributed by atoms with E-state index in [0.717, 1.165) is 33.2 Å². The minimum atomic E-state index is -0.575. The molecule has 2 spiro atoms. The van der Waals surface area contributed by atoms with E-state index in [0.29, 0.717) is 5.95 Å². The number of benzene rings is 9. The Morgan fingerprint density at radius 2 is 0.770 bits per heavy atom. The first-order chi connectivity index (χ1) is 30.3. The zero-order valence-electron chi connectivity index (χ0n) is 33.0. The van der Waals surface area contributed by atoms with Crippen molar-refractivity contribution in [2.75, 3.05) is 0 Å². The second-order valence-corrected chi connectivity index (χ2v) is 16.8. The molecule has 282 valence electrons. The van der Waals surface area contributed by atoms with Gasteiger partial charge >= 0.3 is 0 Å². The van der Waals surface area contributed by atoms with E-state index in [2.05, 4.69) is 217 Å². The summed E-state index contributed by atoms with van der Waals surface area (Å²) in [5, 5.41) is 3.40. The average molecular weight is 774 g/mol. The quantitative estimate of drug-likeness (QED) is 0.175. The molecule has 0 fully saturated rings. The molecule has 0 radical (unpaired) electrons. The SMILES string of the molecule is c1ccc(-c2nc(-n3c4ccccc4c4cc5c(cc43)-c3ccccc3C53c4ccccc4C4(c5ccccc5-c5ccccc54)c4ccccc43)nc3ccccc23)cc1. The maximum Gasteiger partial charge on any atom is 0.235 e. The van der Waals surface area contributed by atoms with Gasteiger partial charge in [-0.25, -0.2) is 9.97 Å². The fourth-order valence-corrected chi connectivity index (χ4v) is 11.9. The molecule has 0 atom stereocenters. The first kappa shape index (κ1) is 33.0. The zero-order chi connectivity index (χ0) is 39.9. The van der Waals surface area contributed by atoms with E-state index in [-0.39, 0.29) is 0 Å². The highest BCUT2D eigenvalue weighted by atomic mass is 15.2. The first-order valence-electron chi connectivity index (χ1n) is 21.2. The molecular formula is C58H35N3. The number of nitrogens with zero attached hydrogens (tertiary/aromatic N) is 3. The fraction of sp³-hybridized carbons (Fsp3) is 0.0345. The molecule has 3 aliphatic carbocycles. The summed E-state index contributed by atoms with van der Waals surface area (Å²) in [6, 6.07) is 78.6. The van der Waals surface area contributed by atoms with Gasteiger partial charge in [0.15, 0.2) is 0 Å². The van der Waals surface area contributed by atoms with E-state index in [9.17, 15) is 0 Å². The van der Waals surface area contributed by atoms with Gasteiger partial charge in [-0.2, -0.15) is 0 Å². The predicted octanol–water partition coefficient (Wildman–Crippen LogP) is 13.4. The van der Waals surface area contributed by atoms with Gasteiger partial charge in [0.1, 0.15) is 0 Å². The van der Waals surface area contributed by atoms with Crippen molar-refractivity contribution in [3.63, 3.8) is 0 Å². The van der Waals surface area contributed by atoms with E-state index >= 15 is 0 Å². The molecule has 14 rings (SSSR count). The second kappa shape index (κ2) is 11.9. The Kier molecular flexibility index (Phi) is 6.42. The number of para-hydroxylation sites is 2. The highest BCUT2D eigenvalue weighted by molar-refractivity contribution is 6.12. The van der Waals surface area contributed by atoms with E-state index < -0.39 is 10.8 Å². The van der Waals surface area contributed by atoms with Crippen molar-refractivity contribution in [2.24, 2.45) is 0 Å². The molecule has 2 heterocycles. The monoisotopic (exact) mass is 773 g/mol. The molecule has 0 N–H and O–H groups in total. The number of hydrogen-bond acceptors (Lipinski definition) is 2. The third-order valence-corrected chi connectivity index (χ3v) is 14.1. The van der Waals surface area contributed by atoms with Crippen LogP contribution < -0.4 is 0 Å². The highest BCUT2D eigenvalue weighted by Gasteiger charge is 2.59. The van der Waals surface area contributed by atoms with Crippen molar-refractivity contribution in [2.45, 2.75) is 10.8 Å². The van der Waals surface area contributed by atoms with E-state index in [1.807, 2.05) is 0 Å². The number of aromatic nitrogens is 3. The highest BCUT2D eigenvalue weighted by Crippen LogP contribution is 2.67. The van der Waals surface area contributed by atoms with Crippen LogP contribution in [0.4, 0.5) is 0 Å². The number of fused-ring (bicyclic) bond motifs is 20. The third kappa shape index (κ3) is 3.99. The van der Waals surface area contributed by atoms with Crippen molar-refractivity contribution >= 4 is 32.7 Å². The summed E-state index contributed by atoms with van der Waals surface area (Å²) < 4.78 is 2.29. The van der Waals surface area contributed by atoms with Gasteiger partial charge in [-0.1, -0.05) is 188 Å². The van der Waals surface area contributed by atoms with Gasteiger partial charge in [-0.05, 0) is 91.0 Å². The topological polar surface area (TPSA) is 30.7 Å². The van der Waals surface area contributed by atoms with Gasteiger partial charge in [0.05, 0.1) is 33.1 Å². The lowest BCUT2D eigenvalue weighted by molar-refractivity contribution is 0.633. The summed E-state index contributed by atoms with van der Waals surface area (Å²) in [6.45, 7) is 0.